The number of alkyl halides is 1. The van der Waals surface area contributed by atoms with Crippen LogP contribution in [0.4, 0.5) is 4.39 Å². The van der Waals surface area contributed by atoms with Crippen molar-refractivity contribution in [2.75, 3.05) is 7.11 Å². The first-order valence-electron chi connectivity index (χ1n) is 4.58. The molecule has 0 aliphatic heterocycles. The van der Waals surface area contributed by atoms with E-state index < -0.39 is 17.0 Å². The van der Waals surface area contributed by atoms with Crippen LogP contribution in [0.3, 0.4) is 0 Å². The third-order valence-electron chi connectivity index (χ3n) is 1.86. The van der Waals surface area contributed by atoms with Gasteiger partial charge in [-0.05, 0) is 0 Å². The topological polar surface area (TPSA) is 26.3 Å². The summed E-state index contributed by atoms with van der Waals surface area (Å²) in [7, 11) is 1.29. The number of benzene rings is 1. The Hall–Kier alpha value is -0.861. The van der Waals surface area contributed by atoms with Crippen LogP contribution in [0.1, 0.15) is 6.92 Å². The summed E-state index contributed by atoms with van der Waals surface area (Å²) in [4.78, 5) is 10.7. The van der Waals surface area contributed by atoms with E-state index in [1.54, 1.807) is 0 Å². The molecule has 0 saturated carbocycles. The standard InChI is InChI=1S/C11H13FO2Se/c1-8(12)10(11(13)14-2)15-9-6-4-3-5-7-9/h3-8,10H,1-2H3. The summed E-state index contributed by atoms with van der Waals surface area (Å²) >= 11 is -0.220. The number of hydrogen-bond donors (Lipinski definition) is 0. The van der Waals surface area contributed by atoms with E-state index in [1.165, 1.54) is 14.0 Å². The summed E-state index contributed by atoms with van der Waals surface area (Å²) in [6.07, 6.45) is -1.17. The van der Waals surface area contributed by atoms with Gasteiger partial charge in [0, 0.05) is 0 Å². The second-order valence-electron chi connectivity index (χ2n) is 3.05. The van der Waals surface area contributed by atoms with Crippen molar-refractivity contribution in [2.45, 2.75) is 17.9 Å². The molecular weight excluding hydrogens is 262 g/mol. The summed E-state index contributed by atoms with van der Waals surface area (Å²) in [6, 6.07) is 9.46. The fourth-order valence-electron chi connectivity index (χ4n) is 1.09. The molecule has 1 rings (SSSR count). The van der Waals surface area contributed by atoms with Crippen molar-refractivity contribution in [3.63, 3.8) is 0 Å². The Kier molecular flexibility index (Phi) is 4.79. The van der Waals surface area contributed by atoms with Crippen LogP contribution in [0.15, 0.2) is 30.3 Å². The molecule has 2 nitrogen and oxygen atoms in total. The molecule has 0 radical (unpaired) electrons. The van der Waals surface area contributed by atoms with Crippen molar-refractivity contribution in [1.82, 2.24) is 0 Å². The number of rotatable bonds is 4. The Morgan fingerprint density at radius 2 is 2.00 bits per heavy atom. The first-order chi connectivity index (χ1) is 7.15. The third kappa shape index (κ3) is 3.65. The minimum absolute atomic E-state index is 0.220. The van der Waals surface area contributed by atoms with Gasteiger partial charge in [-0.3, -0.25) is 0 Å². The van der Waals surface area contributed by atoms with E-state index in [0.717, 1.165) is 4.46 Å². The SMILES string of the molecule is COC(=O)C([Se]c1ccccc1)C(C)F. The van der Waals surface area contributed by atoms with E-state index in [0.29, 0.717) is 0 Å². The van der Waals surface area contributed by atoms with Gasteiger partial charge in [0.1, 0.15) is 0 Å². The van der Waals surface area contributed by atoms with E-state index in [9.17, 15) is 9.18 Å². The fourth-order valence-corrected chi connectivity index (χ4v) is 3.16. The molecular formula is C11H13FO2Se. The second-order valence-corrected chi connectivity index (χ2v) is 5.60. The molecule has 0 heterocycles. The number of carbonyl (C=O) groups excluding carboxylic acids is 1. The molecule has 0 amide bonds. The van der Waals surface area contributed by atoms with Gasteiger partial charge in [-0.2, -0.15) is 0 Å². The first kappa shape index (κ1) is 12.2. The van der Waals surface area contributed by atoms with Crippen molar-refractivity contribution >= 4 is 25.4 Å². The molecule has 0 aromatic heterocycles. The number of ether oxygens (including phenoxy) is 1. The Balaban J connectivity index is 2.72. The van der Waals surface area contributed by atoms with Gasteiger partial charge in [-0.1, -0.05) is 0 Å². The molecule has 1 aromatic rings. The van der Waals surface area contributed by atoms with Gasteiger partial charge in [0.25, 0.3) is 0 Å². The molecule has 82 valence electrons. The Bertz CT molecular complexity index is 314. The fraction of sp³-hybridized carbons (Fsp3) is 0.364. The Morgan fingerprint density at radius 1 is 1.40 bits per heavy atom. The third-order valence-corrected chi connectivity index (χ3v) is 4.72. The van der Waals surface area contributed by atoms with Crippen LogP contribution in [0, 0.1) is 0 Å². The predicted octanol–water partition coefficient (Wildman–Crippen LogP) is 1.34. The predicted molar refractivity (Wildman–Crippen MR) is 58.2 cm³/mol. The molecule has 0 spiro atoms. The van der Waals surface area contributed by atoms with Crippen LogP contribution in [0.25, 0.3) is 0 Å². The molecule has 0 aliphatic rings. The van der Waals surface area contributed by atoms with E-state index >= 15 is 0 Å². The molecule has 0 N–H and O–H groups in total. The van der Waals surface area contributed by atoms with Crippen molar-refractivity contribution < 1.29 is 13.9 Å². The Morgan fingerprint density at radius 3 is 2.47 bits per heavy atom. The monoisotopic (exact) mass is 276 g/mol. The average Bonchev–Trinajstić information content (AvgIpc) is 2.26. The number of carbonyl (C=O) groups is 1. The van der Waals surface area contributed by atoms with E-state index in [1.807, 2.05) is 30.3 Å². The Labute approximate surface area is 95.0 Å². The quantitative estimate of drug-likeness (QED) is 0.612. The van der Waals surface area contributed by atoms with Gasteiger partial charge in [0.05, 0.1) is 0 Å². The number of methoxy groups -OCH3 is 1. The van der Waals surface area contributed by atoms with Crippen LogP contribution in [-0.4, -0.2) is 34.2 Å². The molecule has 2 unspecified atom stereocenters. The molecule has 1 aromatic carbocycles. The average molecular weight is 275 g/mol. The van der Waals surface area contributed by atoms with Crippen molar-refractivity contribution in [3.8, 4) is 0 Å². The van der Waals surface area contributed by atoms with E-state index in [2.05, 4.69) is 4.74 Å². The summed E-state index contributed by atoms with van der Waals surface area (Å²) in [6.45, 7) is 1.40. The molecule has 2 atom stereocenters. The summed E-state index contributed by atoms with van der Waals surface area (Å²) in [5.74, 6) is -0.464. The first-order valence-corrected chi connectivity index (χ1v) is 6.43. The molecule has 4 heteroatoms. The maximum atomic E-state index is 13.2. The van der Waals surface area contributed by atoms with Crippen molar-refractivity contribution in [3.05, 3.63) is 30.3 Å². The van der Waals surface area contributed by atoms with Gasteiger partial charge in [-0.25, -0.2) is 0 Å². The van der Waals surface area contributed by atoms with Crippen molar-refractivity contribution in [1.29, 1.82) is 0 Å². The maximum absolute atomic E-state index is 13.2. The zero-order valence-corrected chi connectivity index (χ0v) is 10.4. The number of halogens is 1. The minimum atomic E-state index is -1.17. The van der Waals surface area contributed by atoms with E-state index in [-0.39, 0.29) is 15.0 Å². The summed E-state index contributed by atoms with van der Waals surface area (Å²) < 4.78 is 18.8. The van der Waals surface area contributed by atoms with Gasteiger partial charge in [-0.15, -0.1) is 0 Å². The van der Waals surface area contributed by atoms with Crippen LogP contribution < -0.4 is 4.46 Å². The molecule has 0 fully saturated rings. The number of hydrogen-bond acceptors (Lipinski definition) is 2. The van der Waals surface area contributed by atoms with Gasteiger partial charge >= 0.3 is 94.7 Å². The van der Waals surface area contributed by atoms with Crippen LogP contribution >= 0.6 is 0 Å². The number of esters is 1. The molecule has 0 saturated heterocycles. The van der Waals surface area contributed by atoms with Gasteiger partial charge in [0.2, 0.25) is 0 Å². The summed E-state index contributed by atoms with van der Waals surface area (Å²) in [5, 5.41) is 0. The van der Waals surface area contributed by atoms with Crippen LogP contribution in [0.5, 0.6) is 0 Å². The zero-order valence-electron chi connectivity index (χ0n) is 8.64. The van der Waals surface area contributed by atoms with Crippen LogP contribution in [-0.2, 0) is 9.53 Å². The summed E-state index contributed by atoms with van der Waals surface area (Å²) in [5.41, 5.74) is 0. The van der Waals surface area contributed by atoms with E-state index in [4.69, 9.17) is 0 Å². The second kappa shape index (κ2) is 5.88. The molecule has 0 bridgehead atoms. The normalized spacial score (nSPS) is 14.3. The van der Waals surface area contributed by atoms with Crippen LogP contribution in [0.2, 0.25) is 4.82 Å². The zero-order chi connectivity index (χ0) is 11.3. The van der Waals surface area contributed by atoms with Crippen molar-refractivity contribution in [2.24, 2.45) is 0 Å². The molecule has 0 aliphatic carbocycles. The van der Waals surface area contributed by atoms with Gasteiger partial charge in [0.15, 0.2) is 0 Å². The van der Waals surface area contributed by atoms with Gasteiger partial charge < -0.3 is 0 Å². The molecule has 15 heavy (non-hydrogen) atoms.